The molecule has 0 bridgehead atoms. The van der Waals surface area contributed by atoms with Crippen LogP contribution in [0.1, 0.15) is 31.0 Å². The molecule has 0 spiro atoms. The Morgan fingerprint density at radius 2 is 2.19 bits per heavy atom. The number of nitrogens with one attached hydrogen (secondary N) is 2. The molecule has 9 heteroatoms. The first kappa shape index (κ1) is 17.9. The topological polar surface area (TPSA) is 124 Å². The Morgan fingerprint density at radius 3 is 2.88 bits per heavy atom. The first-order valence-corrected chi connectivity index (χ1v) is 8.59. The molecule has 4 N–H and O–H groups in total. The molecule has 0 saturated carbocycles. The second-order valence-electron chi connectivity index (χ2n) is 6.00. The highest BCUT2D eigenvalue weighted by atomic mass is 16.5. The average molecular weight is 357 g/mol. The van der Waals surface area contributed by atoms with E-state index in [9.17, 15) is 4.79 Å². The molecule has 0 atom stereocenters. The number of nitrogen functional groups attached to an aromatic ring is 1. The van der Waals surface area contributed by atoms with E-state index in [4.69, 9.17) is 10.5 Å². The van der Waals surface area contributed by atoms with Crippen molar-refractivity contribution < 1.29 is 4.74 Å². The van der Waals surface area contributed by atoms with E-state index in [-0.39, 0.29) is 17.5 Å². The van der Waals surface area contributed by atoms with Crippen molar-refractivity contribution in [2.75, 3.05) is 19.4 Å². The molecular weight excluding hydrogens is 334 g/mol. The van der Waals surface area contributed by atoms with Crippen molar-refractivity contribution in [1.82, 2.24) is 29.8 Å². The van der Waals surface area contributed by atoms with Crippen LogP contribution in [0.4, 0.5) is 5.82 Å². The van der Waals surface area contributed by atoms with E-state index >= 15 is 0 Å². The van der Waals surface area contributed by atoms with Gasteiger partial charge in [0, 0.05) is 12.7 Å². The second kappa shape index (κ2) is 7.96. The summed E-state index contributed by atoms with van der Waals surface area (Å²) in [5, 5.41) is 3.05. The highest BCUT2D eigenvalue weighted by molar-refractivity contribution is 5.81. The molecule has 0 aliphatic rings. The molecule has 3 aromatic rings. The Kier molecular flexibility index (Phi) is 5.47. The van der Waals surface area contributed by atoms with Gasteiger partial charge in [-0.05, 0) is 25.1 Å². The third-order valence-corrected chi connectivity index (χ3v) is 3.94. The third-order valence-electron chi connectivity index (χ3n) is 3.94. The van der Waals surface area contributed by atoms with Crippen molar-refractivity contribution >= 4 is 17.0 Å². The van der Waals surface area contributed by atoms with Crippen LogP contribution in [-0.2, 0) is 13.1 Å². The van der Waals surface area contributed by atoms with Gasteiger partial charge in [-0.1, -0.05) is 19.4 Å². The van der Waals surface area contributed by atoms with Crippen molar-refractivity contribution in [3.63, 3.8) is 0 Å². The third kappa shape index (κ3) is 3.83. The van der Waals surface area contributed by atoms with E-state index in [1.54, 1.807) is 6.20 Å². The molecule has 3 aromatic heterocycles. The zero-order valence-electron chi connectivity index (χ0n) is 15.0. The molecule has 3 rings (SSSR count). The number of nitrogens with zero attached hydrogens (tertiary/aromatic N) is 4. The lowest BCUT2D eigenvalue weighted by Gasteiger charge is -2.07. The Hall–Kier alpha value is -2.94. The van der Waals surface area contributed by atoms with Crippen LogP contribution in [0.3, 0.4) is 0 Å². The first-order valence-electron chi connectivity index (χ1n) is 8.59. The summed E-state index contributed by atoms with van der Waals surface area (Å²) in [6, 6.07) is 4.04. The zero-order valence-corrected chi connectivity index (χ0v) is 15.0. The summed E-state index contributed by atoms with van der Waals surface area (Å²) in [7, 11) is 1.87. The number of aromatic amines is 1. The number of hydrogen-bond donors (Lipinski definition) is 3. The van der Waals surface area contributed by atoms with Crippen molar-refractivity contribution in [2.45, 2.75) is 32.9 Å². The van der Waals surface area contributed by atoms with Crippen molar-refractivity contribution in [3.8, 4) is 6.01 Å². The lowest BCUT2D eigenvalue weighted by Crippen LogP contribution is -2.18. The smallest absolute Gasteiger partial charge is 0.328 e. The van der Waals surface area contributed by atoms with Gasteiger partial charge in [-0.25, -0.2) is 4.79 Å². The summed E-state index contributed by atoms with van der Waals surface area (Å²) in [6.45, 7) is 3.60. The highest BCUT2D eigenvalue weighted by Gasteiger charge is 2.15. The molecule has 3 heterocycles. The number of imidazole rings is 1. The molecule has 9 nitrogen and oxygen atoms in total. The largest absolute Gasteiger partial charge is 0.463 e. The predicted octanol–water partition coefficient (Wildman–Crippen LogP) is 1.04. The van der Waals surface area contributed by atoms with E-state index in [0.29, 0.717) is 30.9 Å². The Morgan fingerprint density at radius 1 is 1.35 bits per heavy atom. The van der Waals surface area contributed by atoms with E-state index in [1.165, 1.54) is 4.57 Å². The van der Waals surface area contributed by atoms with Gasteiger partial charge in [0.1, 0.15) is 5.52 Å². The first-order chi connectivity index (χ1) is 12.6. The summed E-state index contributed by atoms with van der Waals surface area (Å²) < 4.78 is 7.05. The summed E-state index contributed by atoms with van der Waals surface area (Å²) in [5.41, 5.74) is 8.31. The van der Waals surface area contributed by atoms with Gasteiger partial charge in [-0.3, -0.25) is 9.55 Å². The fraction of sp³-hybridized carbons (Fsp3) is 0.412. The minimum absolute atomic E-state index is 0.179. The monoisotopic (exact) mass is 357 g/mol. The fourth-order valence-electron chi connectivity index (χ4n) is 2.57. The summed E-state index contributed by atoms with van der Waals surface area (Å²) in [5.74, 6) is 0.194. The molecule has 0 aliphatic heterocycles. The minimum Gasteiger partial charge on any atom is -0.463 e. The number of hydrogen-bond acceptors (Lipinski definition) is 7. The van der Waals surface area contributed by atoms with E-state index in [0.717, 1.165) is 24.1 Å². The molecule has 26 heavy (non-hydrogen) atoms. The molecule has 0 aromatic carbocycles. The SMILES string of the molecule is CCCCOc1nc(N)c2[nH]c(=O)n(Cc3ccc(CNC)nc3)c2n1. The molecule has 0 amide bonds. The number of rotatable bonds is 8. The Bertz CT molecular complexity index is 931. The Labute approximate surface area is 150 Å². The van der Waals surface area contributed by atoms with Crippen molar-refractivity contribution in [1.29, 1.82) is 0 Å². The fourth-order valence-corrected chi connectivity index (χ4v) is 2.57. The molecule has 0 saturated heterocycles. The maximum Gasteiger partial charge on any atom is 0.328 e. The molecule has 0 fully saturated rings. The lowest BCUT2D eigenvalue weighted by molar-refractivity contribution is 0.286. The van der Waals surface area contributed by atoms with Crippen LogP contribution >= 0.6 is 0 Å². The van der Waals surface area contributed by atoms with E-state index < -0.39 is 0 Å². The molecule has 0 aliphatic carbocycles. The molecule has 138 valence electrons. The maximum atomic E-state index is 12.3. The van der Waals surface area contributed by atoms with Gasteiger partial charge in [0.2, 0.25) is 0 Å². The van der Waals surface area contributed by atoms with Crippen LogP contribution < -0.4 is 21.5 Å². The van der Waals surface area contributed by atoms with Crippen LogP contribution in [0.15, 0.2) is 23.1 Å². The lowest BCUT2D eigenvalue weighted by atomic mass is 10.2. The molecular formula is C17H23N7O2. The number of nitrogens with two attached hydrogens (primary N) is 1. The van der Waals surface area contributed by atoms with Crippen LogP contribution in [-0.4, -0.2) is 38.2 Å². The highest BCUT2D eigenvalue weighted by Crippen LogP contribution is 2.18. The predicted molar refractivity (Wildman–Crippen MR) is 99.1 cm³/mol. The number of ether oxygens (including phenoxy) is 1. The van der Waals surface area contributed by atoms with Gasteiger partial charge < -0.3 is 20.8 Å². The minimum atomic E-state index is -0.300. The normalized spacial score (nSPS) is 11.2. The second-order valence-corrected chi connectivity index (χ2v) is 6.00. The van der Waals surface area contributed by atoms with Crippen molar-refractivity contribution in [2.24, 2.45) is 0 Å². The number of aromatic nitrogens is 5. The summed E-state index contributed by atoms with van der Waals surface area (Å²) in [4.78, 5) is 27.9. The van der Waals surface area contributed by atoms with Crippen LogP contribution in [0, 0.1) is 0 Å². The summed E-state index contributed by atoms with van der Waals surface area (Å²) in [6.07, 6.45) is 3.65. The van der Waals surface area contributed by atoms with Gasteiger partial charge >= 0.3 is 11.7 Å². The number of anilines is 1. The Balaban J connectivity index is 1.91. The zero-order chi connectivity index (χ0) is 18.5. The molecule has 0 unspecified atom stereocenters. The van der Waals surface area contributed by atoms with Gasteiger partial charge in [-0.2, -0.15) is 9.97 Å². The maximum absolute atomic E-state index is 12.3. The van der Waals surface area contributed by atoms with Crippen LogP contribution in [0.2, 0.25) is 0 Å². The van der Waals surface area contributed by atoms with Gasteiger partial charge in [0.05, 0.1) is 18.8 Å². The van der Waals surface area contributed by atoms with E-state index in [1.807, 2.05) is 19.2 Å². The van der Waals surface area contributed by atoms with Crippen LogP contribution in [0.5, 0.6) is 6.01 Å². The molecule has 0 radical (unpaired) electrons. The number of fused-ring (bicyclic) bond motifs is 1. The van der Waals surface area contributed by atoms with Crippen LogP contribution in [0.25, 0.3) is 11.2 Å². The van der Waals surface area contributed by atoms with E-state index in [2.05, 4.69) is 32.2 Å². The van der Waals surface area contributed by atoms with Gasteiger partial charge in [-0.15, -0.1) is 0 Å². The number of unbranched alkanes of at least 4 members (excludes halogenated alkanes) is 1. The van der Waals surface area contributed by atoms with Gasteiger partial charge in [0.15, 0.2) is 11.5 Å². The standard InChI is InChI=1S/C17H23N7O2/c1-3-4-7-26-16-22-14(18)13-15(23-16)24(17(25)21-13)10-11-5-6-12(9-19-2)20-8-11/h5-6,8,19H,3-4,7,9-10H2,1-2H3,(H,21,25)(H2,18,22,23). The van der Waals surface area contributed by atoms with Crippen molar-refractivity contribution in [3.05, 3.63) is 40.1 Å². The number of H-pyrrole nitrogens is 1. The van der Waals surface area contributed by atoms with Gasteiger partial charge in [0.25, 0.3) is 0 Å². The quantitative estimate of drug-likeness (QED) is 0.515. The summed E-state index contributed by atoms with van der Waals surface area (Å²) >= 11 is 0. The number of pyridine rings is 1. The average Bonchev–Trinajstić information content (AvgIpc) is 2.94.